The Hall–Kier alpha value is -0.780. The number of methoxy groups -OCH3 is 1. The SMILES string of the molecule is COc1cccc(I)c1C=NN. The molecule has 0 aromatic heterocycles. The van der Waals surface area contributed by atoms with Crippen molar-refractivity contribution in [3.63, 3.8) is 0 Å². The van der Waals surface area contributed by atoms with Crippen LogP contribution in [0.5, 0.6) is 5.75 Å². The molecule has 0 heterocycles. The maximum Gasteiger partial charge on any atom is 0.128 e. The van der Waals surface area contributed by atoms with Crippen LogP contribution in [0.3, 0.4) is 0 Å². The van der Waals surface area contributed by atoms with E-state index in [4.69, 9.17) is 10.6 Å². The highest BCUT2D eigenvalue weighted by atomic mass is 127. The van der Waals surface area contributed by atoms with E-state index >= 15 is 0 Å². The first kappa shape index (κ1) is 9.31. The summed E-state index contributed by atoms with van der Waals surface area (Å²) in [6, 6.07) is 5.77. The second-order valence-electron chi connectivity index (χ2n) is 2.13. The summed E-state index contributed by atoms with van der Waals surface area (Å²) in [5, 5.41) is 3.47. The van der Waals surface area contributed by atoms with Crippen molar-refractivity contribution in [3.05, 3.63) is 27.3 Å². The van der Waals surface area contributed by atoms with Crippen molar-refractivity contribution >= 4 is 28.8 Å². The fourth-order valence-corrected chi connectivity index (χ4v) is 1.51. The molecule has 1 aromatic carbocycles. The van der Waals surface area contributed by atoms with Crippen LogP contribution in [-0.2, 0) is 0 Å². The van der Waals surface area contributed by atoms with Crippen molar-refractivity contribution in [3.8, 4) is 5.75 Å². The predicted molar refractivity (Wildman–Crippen MR) is 57.5 cm³/mol. The van der Waals surface area contributed by atoms with Gasteiger partial charge in [-0.25, -0.2) is 0 Å². The second kappa shape index (κ2) is 4.30. The Balaban J connectivity index is 3.19. The fourth-order valence-electron chi connectivity index (χ4n) is 0.895. The molecule has 0 aliphatic carbocycles. The van der Waals surface area contributed by atoms with Gasteiger partial charge in [0.05, 0.1) is 13.3 Å². The van der Waals surface area contributed by atoms with Crippen LogP contribution in [0.25, 0.3) is 0 Å². The number of hydrazone groups is 1. The van der Waals surface area contributed by atoms with E-state index < -0.39 is 0 Å². The van der Waals surface area contributed by atoms with Gasteiger partial charge in [0.15, 0.2) is 0 Å². The van der Waals surface area contributed by atoms with Gasteiger partial charge in [0, 0.05) is 9.13 Å². The topological polar surface area (TPSA) is 47.6 Å². The summed E-state index contributed by atoms with van der Waals surface area (Å²) >= 11 is 2.21. The van der Waals surface area contributed by atoms with Crippen LogP contribution in [0.15, 0.2) is 23.3 Å². The molecule has 4 heteroatoms. The summed E-state index contributed by atoms with van der Waals surface area (Å²) in [6.45, 7) is 0. The van der Waals surface area contributed by atoms with Crippen molar-refractivity contribution in [1.29, 1.82) is 0 Å². The zero-order valence-corrected chi connectivity index (χ0v) is 8.78. The quantitative estimate of drug-likeness (QED) is 0.386. The lowest BCUT2D eigenvalue weighted by atomic mass is 10.2. The first-order chi connectivity index (χ1) is 5.79. The number of hydrogen-bond donors (Lipinski definition) is 1. The van der Waals surface area contributed by atoms with Gasteiger partial charge in [0.25, 0.3) is 0 Å². The average molecular weight is 276 g/mol. The van der Waals surface area contributed by atoms with Gasteiger partial charge in [0.2, 0.25) is 0 Å². The molecule has 0 radical (unpaired) electrons. The smallest absolute Gasteiger partial charge is 0.128 e. The van der Waals surface area contributed by atoms with Gasteiger partial charge >= 0.3 is 0 Å². The minimum atomic E-state index is 0.788. The van der Waals surface area contributed by atoms with E-state index in [1.54, 1.807) is 13.3 Å². The third kappa shape index (κ3) is 1.88. The molecule has 0 fully saturated rings. The molecule has 0 saturated carbocycles. The summed E-state index contributed by atoms with van der Waals surface area (Å²) in [5.41, 5.74) is 0.920. The lowest BCUT2D eigenvalue weighted by Crippen LogP contribution is -1.95. The molecular weight excluding hydrogens is 267 g/mol. The summed E-state index contributed by atoms with van der Waals surface area (Å²) in [7, 11) is 1.62. The van der Waals surface area contributed by atoms with Gasteiger partial charge in [-0.3, -0.25) is 0 Å². The molecule has 1 rings (SSSR count). The Morgan fingerprint density at radius 2 is 2.33 bits per heavy atom. The van der Waals surface area contributed by atoms with E-state index in [1.165, 1.54) is 0 Å². The first-order valence-electron chi connectivity index (χ1n) is 3.35. The number of hydrogen-bond acceptors (Lipinski definition) is 3. The third-order valence-electron chi connectivity index (χ3n) is 1.44. The highest BCUT2D eigenvalue weighted by Gasteiger charge is 2.02. The number of nitrogens with two attached hydrogens (primary N) is 1. The molecule has 0 bridgehead atoms. The number of nitrogens with zero attached hydrogens (tertiary/aromatic N) is 1. The van der Waals surface area contributed by atoms with Crippen LogP contribution in [-0.4, -0.2) is 13.3 Å². The Bertz CT molecular complexity index is 299. The summed E-state index contributed by atoms with van der Waals surface area (Å²) < 4.78 is 6.20. The molecule has 2 N–H and O–H groups in total. The highest BCUT2D eigenvalue weighted by molar-refractivity contribution is 14.1. The number of halogens is 1. The zero-order chi connectivity index (χ0) is 8.97. The lowest BCUT2D eigenvalue weighted by Gasteiger charge is -2.04. The van der Waals surface area contributed by atoms with E-state index in [2.05, 4.69) is 27.7 Å². The zero-order valence-electron chi connectivity index (χ0n) is 6.62. The molecule has 0 atom stereocenters. The van der Waals surface area contributed by atoms with Gasteiger partial charge in [-0.2, -0.15) is 5.10 Å². The van der Waals surface area contributed by atoms with Crippen molar-refractivity contribution in [2.75, 3.05) is 7.11 Å². The maximum atomic E-state index is 5.13. The fraction of sp³-hybridized carbons (Fsp3) is 0.125. The largest absolute Gasteiger partial charge is 0.496 e. The number of ether oxygens (including phenoxy) is 1. The highest BCUT2D eigenvalue weighted by Crippen LogP contribution is 2.21. The summed E-state index contributed by atoms with van der Waals surface area (Å²) in [4.78, 5) is 0. The van der Waals surface area contributed by atoms with Crippen LogP contribution < -0.4 is 10.6 Å². The predicted octanol–water partition coefficient (Wildman–Crippen LogP) is 1.59. The number of rotatable bonds is 2. The molecule has 0 aliphatic heterocycles. The van der Waals surface area contributed by atoms with Gasteiger partial charge in [-0.15, -0.1) is 0 Å². The van der Waals surface area contributed by atoms with E-state index in [0.717, 1.165) is 14.9 Å². The standard InChI is InChI=1S/C8H9IN2O/c1-12-8-4-2-3-7(9)6(8)5-11-10/h2-5H,10H2,1H3. The van der Waals surface area contributed by atoms with Gasteiger partial charge < -0.3 is 10.6 Å². The van der Waals surface area contributed by atoms with Crippen LogP contribution in [0.1, 0.15) is 5.56 Å². The average Bonchev–Trinajstić information content (AvgIpc) is 2.09. The second-order valence-corrected chi connectivity index (χ2v) is 3.30. The molecule has 0 spiro atoms. The molecular formula is C8H9IN2O. The normalized spacial score (nSPS) is 10.5. The van der Waals surface area contributed by atoms with E-state index in [0.29, 0.717) is 0 Å². The van der Waals surface area contributed by atoms with Crippen LogP contribution in [0.2, 0.25) is 0 Å². The number of benzene rings is 1. The molecule has 3 nitrogen and oxygen atoms in total. The Morgan fingerprint density at radius 1 is 1.58 bits per heavy atom. The van der Waals surface area contributed by atoms with Crippen LogP contribution >= 0.6 is 22.6 Å². The Morgan fingerprint density at radius 3 is 2.92 bits per heavy atom. The van der Waals surface area contributed by atoms with Crippen LogP contribution in [0, 0.1) is 3.57 Å². The van der Waals surface area contributed by atoms with E-state index in [1.807, 2.05) is 18.2 Å². The molecule has 0 amide bonds. The van der Waals surface area contributed by atoms with Crippen molar-refractivity contribution in [2.24, 2.45) is 10.9 Å². The molecule has 12 heavy (non-hydrogen) atoms. The van der Waals surface area contributed by atoms with Crippen molar-refractivity contribution < 1.29 is 4.74 Å². The molecule has 0 unspecified atom stereocenters. The van der Waals surface area contributed by atoms with E-state index in [-0.39, 0.29) is 0 Å². The van der Waals surface area contributed by atoms with Crippen molar-refractivity contribution in [2.45, 2.75) is 0 Å². The van der Waals surface area contributed by atoms with Gasteiger partial charge in [-0.05, 0) is 34.7 Å². The van der Waals surface area contributed by atoms with Gasteiger partial charge in [-0.1, -0.05) is 6.07 Å². The molecule has 0 saturated heterocycles. The lowest BCUT2D eigenvalue weighted by molar-refractivity contribution is 0.414. The Labute approximate surface area is 84.7 Å². The molecule has 64 valence electrons. The summed E-state index contributed by atoms with van der Waals surface area (Å²) in [5.74, 6) is 5.85. The monoisotopic (exact) mass is 276 g/mol. The third-order valence-corrected chi connectivity index (χ3v) is 2.38. The molecule has 0 aliphatic rings. The first-order valence-corrected chi connectivity index (χ1v) is 4.43. The minimum Gasteiger partial charge on any atom is -0.496 e. The maximum absolute atomic E-state index is 5.13. The van der Waals surface area contributed by atoms with E-state index in [9.17, 15) is 0 Å². The molecule has 1 aromatic rings. The summed E-state index contributed by atoms with van der Waals surface area (Å²) in [6.07, 6.45) is 1.58. The van der Waals surface area contributed by atoms with Crippen LogP contribution in [0.4, 0.5) is 0 Å². The Kier molecular flexibility index (Phi) is 3.33. The van der Waals surface area contributed by atoms with Gasteiger partial charge in [0.1, 0.15) is 5.75 Å². The van der Waals surface area contributed by atoms with Crippen molar-refractivity contribution in [1.82, 2.24) is 0 Å². The minimum absolute atomic E-state index is 0.788.